The molecule has 1 heterocycles. The van der Waals surface area contributed by atoms with Crippen molar-refractivity contribution in [3.63, 3.8) is 0 Å². The third kappa shape index (κ3) is 4.30. The number of ether oxygens (including phenoxy) is 1. The third-order valence-electron chi connectivity index (χ3n) is 2.35. The van der Waals surface area contributed by atoms with Gasteiger partial charge in [-0.05, 0) is 19.1 Å². The molecular weight excluding hydrogens is 264 g/mol. The molecule has 0 saturated carbocycles. The first-order valence-corrected chi connectivity index (χ1v) is 6.26. The number of rotatable bonds is 5. The number of aromatic nitrogens is 2. The Morgan fingerprint density at radius 2 is 2.05 bits per heavy atom. The zero-order chi connectivity index (χ0) is 13.7. The summed E-state index contributed by atoms with van der Waals surface area (Å²) < 4.78 is 5.63. The Bertz CT molecular complexity index is 515. The molecule has 100 valence electrons. The van der Waals surface area contributed by atoms with Crippen LogP contribution >= 0.6 is 11.6 Å². The predicted molar refractivity (Wildman–Crippen MR) is 76.5 cm³/mol. The van der Waals surface area contributed by atoms with Crippen LogP contribution in [0, 0.1) is 0 Å². The van der Waals surface area contributed by atoms with E-state index in [1.165, 1.54) is 0 Å². The molecule has 0 fully saturated rings. The van der Waals surface area contributed by atoms with E-state index in [0.29, 0.717) is 17.6 Å². The van der Waals surface area contributed by atoms with Crippen molar-refractivity contribution in [1.82, 2.24) is 9.97 Å². The minimum absolute atomic E-state index is 0.0607. The van der Waals surface area contributed by atoms with E-state index in [1.54, 1.807) is 6.07 Å². The van der Waals surface area contributed by atoms with Gasteiger partial charge in [0.15, 0.2) is 0 Å². The molecule has 1 aromatic carbocycles. The van der Waals surface area contributed by atoms with Gasteiger partial charge in [0.05, 0.1) is 6.04 Å². The van der Waals surface area contributed by atoms with Crippen LogP contribution in [0.1, 0.15) is 6.92 Å². The Morgan fingerprint density at radius 1 is 1.32 bits per heavy atom. The fourth-order valence-corrected chi connectivity index (χ4v) is 1.73. The van der Waals surface area contributed by atoms with Gasteiger partial charge in [0, 0.05) is 6.07 Å². The fraction of sp³-hybridized carbons (Fsp3) is 0.231. The number of hydrogen-bond acceptors (Lipinski definition) is 5. The van der Waals surface area contributed by atoms with Crippen molar-refractivity contribution >= 4 is 23.4 Å². The van der Waals surface area contributed by atoms with E-state index in [-0.39, 0.29) is 12.0 Å². The van der Waals surface area contributed by atoms with Crippen molar-refractivity contribution < 1.29 is 4.74 Å². The number of hydrogen-bond donors (Lipinski definition) is 2. The van der Waals surface area contributed by atoms with Crippen LogP contribution in [0.5, 0.6) is 5.75 Å². The lowest BCUT2D eigenvalue weighted by atomic mass is 10.3. The molecule has 0 bridgehead atoms. The number of nitrogens with one attached hydrogen (secondary N) is 1. The topological polar surface area (TPSA) is 73.1 Å². The van der Waals surface area contributed by atoms with Crippen molar-refractivity contribution in [2.45, 2.75) is 13.0 Å². The summed E-state index contributed by atoms with van der Waals surface area (Å²) >= 11 is 5.80. The molecule has 0 aliphatic carbocycles. The van der Waals surface area contributed by atoms with E-state index >= 15 is 0 Å². The van der Waals surface area contributed by atoms with Crippen LogP contribution in [-0.4, -0.2) is 22.6 Å². The van der Waals surface area contributed by atoms with Gasteiger partial charge in [-0.1, -0.05) is 29.8 Å². The minimum atomic E-state index is 0.0607. The van der Waals surface area contributed by atoms with Gasteiger partial charge in [0.25, 0.3) is 0 Å². The van der Waals surface area contributed by atoms with Gasteiger partial charge < -0.3 is 15.8 Å². The molecule has 1 unspecified atom stereocenters. The van der Waals surface area contributed by atoms with E-state index in [0.717, 1.165) is 5.75 Å². The first-order valence-electron chi connectivity index (χ1n) is 5.88. The summed E-state index contributed by atoms with van der Waals surface area (Å²) in [6.07, 6.45) is 0. The molecule has 2 rings (SSSR count). The zero-order valence-corrected chi connectivity index (χ0v) is 11.3. The quantitative estimate of drug-likeness (QED) is 0.823. The maximum Gasteiger partial charge on any atom is 0.223 e. The van der Waals surface area contributed by atoms with E-state index in [1.807, 2.05) is 37.3 Å². The number of nitrogens with two attached hydrogens (primary N) is 1. The van der Waals surface area contributed by atoms with E-state index in [9.17, 15) is 0 Å². The van der Waals surface area contributed by atoms with Crippen LogP contribution in [0.15, 0.2) is 36.4 Å². The van der Waals surface area contributed by atoms with Gasteiger partial charge in [-0.2, -0.15) is 4.98 Å². The third-order valence-corrected chi connectivity index (χ3v) is 2.54. The number of nitrogens with zero attached hydrogens (tertiary/aromatic N) is 2. The van der Waals surface area contributed by atoms with Gasteiger partial charge in [-0.25, -0.2) is 4.98 Å². The average Bonchev–Trinajstić information content (AvgIpc) is 2.36. The molecule has 0 radical (unpaired) electrons. The van der Waals surface area contributed by atoms with Crippen molar-refractivity contribution in [2.75, 3.05) is 17.7 Å². The summed E-state index contributed by atoms with van der Waals surface area (Å²) in [6.45, 7) is 2.49. The van der Waals surface area contributed by atoms with Gasteiger partial charge in [-0.15, -0.1) is 0 Å². The Kier molecular flexibility index (Phi) is 4.41. The highest BCUT2D eigenvalue weighted by Gasteiger charge is 2.06. The van der Waals surface area contributed by atoms with Crippen LogP contribution < -0.4 is 15.8 Å². The molecule has 2 aromatic rings. The van der Waals surface area contributed by atoms with Crippen LogP contribution in [0.25, 0.3) is 0 Å². The highest BCUT2D eigenvalue weighted by Crippen LogP contribution is 2.14. The predicted octanol–water partition coefficient (Wildman–Crippen LogP) is 2.59. The first-order chi connectivity index (χ1) is 9.13. The lowest BCUT2D eigenvalue weighted by molar-refractivity contribution is 0.304. The second-order valence-corrected chi connectivity index (χ2v) is 4.49. The summed E-state index contributed by atoms with van der Waals surface area (Å²) in [7, 11) is 0. The van der Waals surface area contributed by atoms with Crippen LogP contribution in [0.3, 0.4) is 0 Å². The van der Waals surface area contributed by atoms with Crippen molar-refractivity contribution in [1.29, 1.82) is 0 Å². The van der Waals surface area contributed by atoms with Crippen LogP contribution in [0.4, 0.5) is 11.8 Å². The van der Waals surface area contributed by atoms with Crippen LogP contribution in [0.2, 0.25) is 5.15 Å². The Labute approximate surface area is 116 Å². The summed E-state index contributed by atoms with van der Waals surface area (Å²) in [4.78, 5) is 7.84. The highest BCUT2D eigenvalue weighted by atomic mass is 35.5. The van der Waals surface area contributed by atoms with Gasteiger partial charge >= 0.3 is 0 Å². The number of para-hydroxylation sites is 1. The maximum absolute atomic E-state index is 5.80. The summed E-state index contributed by atoms with van der Waals surface area (Å²) in [5.74, 6) is 1.56. The van der Waals surface area contributed by atoms with E-state index in [4.69, 9.17) is 22.1 Å². The minimum Gasteiger partial charge on any atom is -0.491 e. The first kappa shape index (κ1) is 13.4. The maximum atomic E-state index is 5.80. The van der Waals surface area contributed by atoms with Gasteiger partial charge in [-0.3, -0.25) is 0 Å². The number of nitrogen functional groups attached to an aromatic ring is 1. The lowest BCUT2D eigenvalue weighted by Gasteiger charge is -2.15. The molecule has 19 heavy (non-hydrogen) atoms. The number of benzene rings is 1. The monoisotopic (exact) mass is 278 g/mol. The average molecular weight is 279 g/mol. The Morgan fingerprint density at radius 3 is 2.74 bits per heavy atom. The second kappa shape index (κ2) is 6.24. The molecule has 0 aliphatic heterocycles. The molecule has 0 saturated heterocycles. The highest BCUT2D eigenvalue weighted by molar-refractivity contribution is 6.29. The van der Waals surface area contributed by atoms with Crippen molar-refractivity contribution in [3.05, 3.63) is 41.6 Å². The molecule has 5 nitrogen and oxygen atoms in total. The molecule has 0 spiro atoms. The van der Waals surface area contributed by atoms with E-state index < -0.39 is 0 Å². The molecule has 1 atom stereocenters. The SMILES string of the molecule is CC(COc1ccccc1)Nc1cc(Cl)nc(N)n1. The lowest BCUT2D eigenvalue weighted by Crippen LogP contribution is -2.24. The zero-order valence-electron chi connectivity index (χ0n) is 10.5. The largest absolute Gasteiger partial charge is 0.491 e. The Balaban J connectivity index is 1.89. The molecular formula is C13H15ClN4O. The molecule has 0 amide bonds. The summed E-state index contributed by atoms with van der Waals surface area (Å²) in [5.41, 5.74) is 5.52. The summed E-state index contributed by atoms with van der Waals surface area (Å²) in [6, 6.07) is 11.3. The fourth-order valence-electron chi connectivity index (χ4n) is 1.54. The number of anilines is 2. The standard InChI is InChI=1S/C13H15ClN4O/c1-9(8-19-10-5-3-2-4-6-10)16-12-7-11(14)17-13(15)18-12/h2-7,9H,8H2,1H3,(H3,15,16,17,18). The molecule has 0 aliphatic rings. The molecule has 6 heteroatoms. The Hall–Kier alpha value is -2.01. The van der Waals surface area contributed by atoms with Gasteiger partial charge in [0.2, 0.25) is 5.95 Å². The number of halogens is 1. The summed E-state index contributed by atoms with van der Waals surface area (Å²) in [5, 5.41) is 3.46. The van der Waals surface area contributed by atoms with E-state index in [2.05, 4.69) is 15.3 Å². The second-order valence-electron chi connectivity index (χ2n) is 4.10. The molecule has 3 N–H and O–H groups in total. The van der Waals surface area contributed by atoms with Crippen LogP contribution in [-0.2, 0) is 0 Å². The van der Waals surface area contributed by atoms with Gasteiger partial charge in [0.1, 0.15) is 23.3 Å². The van der Waals surface area contributed by atoms with Crippen molar-refractivity contribution in [3.8, 4) is 5.75 Å². The smallest absolute Gasteiger partial charge is 0.223 e. The normalized spacial score (nSPS) is 11.9. The van der Waals surface area contributed by atoms with Crippen molar-refractivity contribution in [2.24, 2.45) is 0 Å². The molecule has 1 aromatic heterocycles.